The summed E-state index contributed by atoms with van der Waals surface area (Å²) >= 11 is 3.41. The van der Waals surface area contributed by atoms with Crippen LogP contribution in [0.1, 0.15) is 18.4 Å². The number of pyridine rings is 1. The van der Waals surface area contributed by atoms with Crippen molar-refractivity contribution in [2.75, 3.05) is 20.8 Å². The van der Waals surface area contributed by atoms with Crippen LogP contribution in [0.25, 0.3) is 0 Å². The molecule has 0 radical (unpaired) electrons. The Balaban J connectivity index is 2.54. The lowest BCUT2D eigenvalue weighted by molar-refractivity contribution is 0.193. The molecule has 84 valence electrons. The molecule has 0 aliphatic carbocycles. The summed E-state index contributed by atoms with van der Waals surface area (Å²) in [7, 11) is 3.37. The Morgan fingerprint density at radius 3 is 2.80 bits per heavy atom. The second-order valence-electron chi connectivity index (χ2n) is 3.27. The number of nitrogens with zero attached hydrogens (tertiary/aromatic N) is 1. The number of unbranched alkanes of at least 4 members (excludes halogenated alkanes) is 1. The van der Waals surface area contributed by atoms with Gasteiger partial charge in [0, 0.05) is 29.9 Å². The average Bonchev–Trinajstić information content (AvgIpc) is 2.25. The van der Waals surface area contributed by atoms with Crippen molar-refractivity contribution in [2.24, 2.45) is 0 Å². The van der Waals surface area contributed by atoms with Gasteiger partial charge in [-0.3, -0.25) is 0 Å². The number of halogens is 1. The van der Waals surface area contributed by atoms with E-state index >= 15 is 0 Å². The minimum absolute atomic E-state index is 0.718. The van der Waals surface area contributed by atoms with Gasteiger partial charge in [0.05, 0.1) is 7.11 Å². The molecule has 1 rings (SSSR count). The van der Waals surface area contributed by atoms with E-state index < -0.39 is 0 Å². The number of aryl methyl sites for hydroxylation is 1. The Morgan fingerprint density at radius 2 is 2.13 bits per heavy atom. The highest BCUT2D eigenvalue weighted by molar-refractivity contribution is 9.10. The van der Waals surface area contributed by atoms with Gasteiger partial charge in [0.15, 0.2) is 0 Å². The highest BCUT2D eigenvalue weighted by Crippen LogP contribution is 2.21. The monoisotopic (exact) mass is 273 g/mol. The standard InChI is InChI=1S/C11H16BrNO2/c1-14-6-4-3-5-9-7-10(12)8-13-11(9)15-2/h7-8H,3-6H2,1-2H3. The summed E-state index contributed by atoms with van der Waals surface area (Å²) in [5.74, 6) is 0.718. The van der Waals surface area contributed by atoms with Crippen LogP contribution in [0.5, 0.6) is 5.88 Å². The van der Waals surface area contributed by atoms with Crippen molar-refractivity contribution in [3.05, 3.63) is 22.3 Å². The van der Waals surface area contributed by atoms with Crippen LogP contribution in [0.4, 0.5) is 0 Å². The zero-order valence-corrected chi connectivity index (χ0v) is 10.7. The molecular weight excluding hydrogens is 258 g/mol. The van der Waals surface area contributed by atoms with Crippen LogP contribution >= 0.6 is 15.9 Å². The van der Waals surface area contributed by atoms with Gasteiger partial charge in [-0.1, -0.05) is 0 Å². The van der Waals surface area contributed by atoms with Crippen molar-refractivity contribution in [3.63, 3.8) is 0 Å². The van der Waals surface area contributed by atoms with E-state index in [2.05, 4.69) is 27.0 Å². The summed E-state index contributed by atoms with van der Waals surface area (Å²) < 4.78 is 11.2. The number of ether oxygens (including phenoxy) is 2. The molecule has 0 aliphatic heterocycles. The summed E-state index contributed by atoms with van der Waals surface area (Å²) in [5.41, 5.74) is 1.14. The molecule has 1 aromatic rings. The second kappa shape index (κ2) is 6.80. The summed E-state index contributed by atoms with van der Waals surface area (Å²) in [5, 5.41) is 0. The smallest absolute Gasteiger partial charge is 0.216 e. The lowest BCUT2D eigenvalue weighted by Gasteiger charge is -2.07. The van der Waals surface area contributed by atoms with Gasteiger partial charge in [0.25, 0.3) is 0 Å². The highest BCUT2D eigenvalue weighted by Gasteiger charge is 2.04. The fourth-order valence-corrected chi connectivity index (χ4v) is 1.77. The molecule has 0 bridgehead atoms. The lowest BCUT2D eigenvalue weighted by Crippen LogP contribution is -1.97. The van der Waals surface area contributed by atoms with E-state index in [9.17, 15) is 0 Å². The molecular formula is C11H16BrNO2. The average molecular weight is 274 g/mol. The van der Waals surface area contributed by atoms with Gasteiger partial charge in [-0.25, -0.2) is 4.98 Å². The molecule has 1 heterocycles. The van der Waals surface area contributed by atoms with Crippen LogP contribution in [0, 0.1) is 0 Å². The minimum Gasteiger partial charge on any atom is -0.481 e. The third-order valence-corrected chi connectivity index (χ3v) is 2.56. The normalized spacial score (nSPS) is 10.3. The molecule has 0 atom stereocenters. The van der Waals surface area contributed by atoms with Crippen molar-refractivity contribution in [1.29, 1.82) is 0 Å². The van der Waals surface area contributed by atoms with E-state index in [0.29, 0.717) is 0 Å². The molecule has 15 heavy (non-hydrogen) atoms. The van der Waals surface area contributed by atoms with E-state index in [1.807, 2.05) is 0 Å². The largest absolute Gasteiger partial charge is 0.481 e. The predicted molar refractivity (Wildman–Crippen MR) is 63.3 cm³/mol. The van der Waals surface area contributed by atoms with Gasteiger partial charge in [-0.15, -0.1) is 0 Å². The van der Waals surface area contributed by atoms with Crippen LogP contribution in [-0.2, 0) is 11.2 Å². The number of rotatable bonds is 6. The first-order valence-corrected chi connectivity index (χ1v) is 5.74. The Morgan fingerprint density at radius 1 is 1.33 bits per heavy atom. The Labute approximate surface area is 98.9 Å². The van der Waals surface area contributed by atoms with Gasteiger partial charge in [-0.05, 0) is 41.3 Å². The van der Waals surface area contributed by atoms with Crippen molar-refractivity contribution in [3.8, 4) is 5.88 Å². The maximum absolute atomic E-state index is 5.19. The third-order valence-electron chi connectivity index (χ3n) is 2.13. The SMILES string of the molecule is COCCCCc1cc(Br)cnc1OC. The molecule has 0 aromatic carbocycles. The number of hydrogen-bond acceptors (Lipinski definition) is 3. The van der Waals surface area contributed by atoms with Gasteiger partial charge in [0.2, 0.25) is 5.88 Å². The van der Waals surface area contributed by atoms with Crippen LogP contribution in [-0.4, -0.2) is 25.8 Å². The van der Waals surface area contributed by atoms with E-state index in [1.54, 1.807) is 20.4 Å². The van der Waals surface area contributed by atoms with Gasteiger partial charge < -0.3 is 9.47 Å². The molecule has 0 unspecified atom stereocenters. The van der Waals surface area contributed by atoms with Crippen molar-refractivity contribution in [2.45, 2.75) is 19.3 Å². The molecule has 0 spiro atoms. The van der Waals surface area contributed by atoms with Crippen molar-refractivity contribution < 1.29 is 9.47 Å². The molecule has 0 saturated carbocycles. The Kier molecular flexibility index (Phi) is 5.65. The fraction of sp³-hybridized carbons (Fsp3) is 0.545. The maximum atomic E-state index is 5.19. The lowest BCUT2D eigenvalue weighted by atomic mass is 10.1. The summed E-state index contributed by atoms with van der Waals surface area (Å²) in [6, 6.07) is 2.05. The van der Waals surface area contributed by atoms with Crippen LogP contribution in [0.3, 0.4) is 0 Å². The molecule has 1 aromatic heterocycles. The second-order valence-corrected chi connectivity index (χ2v) is 4.19. The first kappa shape index (κ1) is 12.5. The van der Waals surface area contributed by atoms with Crippen molar-refractivity contribution in [1.82, 2.24) is 4.98 Å². The zero-order chi connectivity index (χ0) is 11.1. The van der Waals surface area contributed by atoms with E-state index in [0.717, 1.165) is 41.8 Å². The Bertz CT molecular complexity index is 305. The number of hydrogen-bond donors (Lipinski definition) is 0. The van der Waals surface area contributed by atoms with E-state index in [1.165, 1.54) is 0 Å². The molecule has 0 N–H and O–H groups in total. The summed E-state index contributed by atoms with van der Waals surface area (Å²) in [6.07, 6.45) is 4.87. The van der Waals surface area contributed by atoms with Crippen molar-refractivity contribution >= 4 is 15.9 Å². The first-order valence-electron chi connectivity index (χ1n) is 4.95. The van der Waals surface area contributed by atoms with Crippen LogP contribution < -0.4 is 4.74 Å². The van der Waals surface area contributed by atoms with Gasteiger partial charge in [0.1, 0.15) is 0 Å². The molecule has 4 heteroatoms. The van der Waals surface area contributed by atoms with Gasteiger partial charge >= 0.3 is 0 Å². The van der Waals surface area contributed by atoms with Gasteiger partial charge in [-0.2, -0.15) is 0 Å². The first-order chi connectivity index (χ1) is 7.27. The Hall–Kier alpha value is -0.610. The van der Waals surface area contributed by atoms with E-state index in [-0.39, 0.29) is 0 Å². The zero-order valence-electron chi connectivity index (χ0n) is 9.12. The van der Waals surface area contributed by atoms with Crippen LogP contribution in [0.15, 0.2) is 16.7 Å². The van der Waals surface area contributed by atoms with E-state index in [4.69, 9.17) is 9.47 Å². The summed E-state index contributed by atoms with van der Waals surface area (Å²) in [4.78, 5) is 4.20. The number of methoxy groups -OCH3 is 2. The van der Waals surface area contributed by atoms with Crippen LogP contribution in [0.2, 0.25) is 0 Å². The molecule has 0 amide bonds. The molecule has 0 saturated heterocycles. The summed E-state index contributed by atoms with van der Waals surface area (Å²) in [6.45, 7) is 0.809. The minimum atomic E-state index is 0.718. The third kappa shape index (κ3) is 4.18. The molecule has 0 aliphatic rings. The predicted octanol–water partition coefficient (Wildman–Crippen LogP) is 2.82. The highest BCUT2D eigenvalue weighted by atomic mass is 79.9. The number of aromatic nitrogens is 1. The molecule has 0 fully saturated rings. The maximum Gasteiger partial charge on any atom is 0.216 e. The topological polar surface area (TPSA) is 31.4 Å². The quantitative estimate of drug-likeness (QED) is 0.747. The molecule has 3 nitrogen and oxygen atoms in total. The fourth-order valence-electron chi connectivity index (χ4n) is 1.39.